The monoisotopic (exact) mass is 325 g/mol. The number of hydrogen-bond acceptors (Lipinski definition) is 3. The maximum atomic E-state index is 12.3. The van der Waals surface area contributed by atoms with Gasteiger partial charge < -0.3 is 10.6 Å². The van der Waals surface area contributed by atoms with Crippen LogP contribution >= 0.6 is 0 Å². The normalized spacial score (nSPS) is 10.9. The largest absolute Gasteiger partial charge is 0.355 e. The molecule has 24 heavy (non-hydrogen) atoms. The maximum absolute atomic E-state index is 12.3. The molecule has 5 nitrogen and oxygen atoms in total. The average molecular weight is 325 g/mol. The van der Waals surface area contributed by atoms with Crippen molar-refractivity contribution in [2.75, 3.05) is 6.54 Å². The molecule has 2 rings (SSSR count). The minimum atomic E-state index is -1.13. The Hall–Kier alpha value is -2.69. The highest BCUT2D eigenvalue weighted by molar-refractivity contribution is 6.04. The Morgan fingerprint density at radius 2 is 1.62 bits per heavy atom. The van der Waals surface area contributed by atoms with Gasteiger partial charge in [0.2, 0.25) is 11.8 Å². The second-order valence-electron chi connectivity index (χ2n) is 6.16. The maximum Gasteiger partial charge on any atom is 0.235 e. The van der Waals surface area contributed by atoms with E-state index >= 15 is 0 Å². The molecule has 2 N–H and O–H groups in total. The van der Waals surface area contributed by atoms with Crippen molar-refractivity contribution >= 4 is 11.8 Å². The fourth-order valence-corrected chi connectivity index (χ4v) is 2.20. The Balaban J connectivity index is 1.81. The number of rotatable bonds is 7. The number of benzene rings is 1. The average Bonchev–Trinajstić information content (AvgIpc) is 2.61. The molecule has 0 radical (unpaired) electrons. The molecule has 0 aliphatic carbocycles. The second-order valence-corrected chi connectivity index (χ2v) is 6.16. The lowest BCUT2D eigenvalue weighted by Crippen LogP contribution is -2.48. The summed E-state index contributed by atoms with van der Waals surface area (Å²) in [4.78, 5) is 28.6. The molecular formula is C19H23N3O2. The predicted octanol–water partition coefficient (Wildman–Crippen LogP) is 2.08. The number of amides is 2. The Morgan fingerprint density at radius 3 is 2.29 bits per heavy atom. The first-order valence-corrected chi connectivity index (χ1v) is 7.99. The summed E-state index contributed by atoms with van der Waals surface area (Å²) >= 11 is 0. The molecule has 0 aliphatic rings. The van der Waals surface area contributed by atoms with Crippen molar-refractivity contribution in [2.24, 2.45) is 5.41 Å². The first kappa shape index (κ1) is 17.7. The van der Waals surface area contributed by atoms with Gasteiger partial charge in [-0.05, 0) is 37.5 Å². The van der Waals surface area contributed by atoms with Crippen LogP contribution < -0.4 is 10.6 Å². The third kappa shape index (κ3) is 4.91. The van der Waals surface area contributed by atoms with E-state index in [1.807, 2.05) is 42.5 Å². The topological polar surface area (TPSA) is 71.1 Å². The van der Waals surface area contributed by atoms with Crippen LogP contribution in [-0.2, 0) is 22.6 Å². The van der Waals surface area contributed by atoms with Crippen LogP contribution in [0.5, 0.6) is 0 Å². The van der Waals surface area contributed by atoms with E-state index in [2.05, 4.69) is 15.6 Å². The van der Waals surface area contributed by atoms with E-state index in [4.69, 9.17) is 0 Å². The number of nitrogens with one attached hydrogen (secondary N) is 2. The highest BCUT2D eigenvalue weighted by Crippen LogP contribution is 2.15. The molecule has 0 aliphatic heterocycles. The summed E-state index contributed by atoms with van der Waals surface area (Å²) in [6.45, 7) is 4.11. The lowest BCUT2D eigenvalue weighted by molar-refractivity contribution is -0.141. The van der Waals surface area contributed by atoms with Crippen LogP contribution in [0.3, 0.4) is 0 Å². The van der Waals surface area contributed by atoms with Gasteiger partial charge >= 0.3 is 0 Å². The number of carbonyl (C=O) groups is 2. The Bertz CT molecular complexity index is 670. The Labute approximate surface area is 142 Å². The second kappa shape index (κ2) is 8.24. The lowest BCUT2D eigenvalue weighted by atomic mass is 9.91. The molecule has 1 heterocycles. The quantitative estimate of drug-likeness (QED) is 0.766. The summed E-state index contributed by atoms with van der Waals surface area (Å²) in [7, 11) is 0. The van der Waals surface area contributed by atoms with Crippen molar-refractivity contribution < 1.29 is 9.59 Å². The molecule has 0 atom stereocenters. The van der Waals surface area contributed by atoms with Gasteiger partial charge in [-0.1, -0.05) is 36.4 Å². The summed E-state index contributed by atoms with van der Waals surface area (Å²) in [5.74, 6) is -0.578. The molecule has 5 heteroatoms. The first-order valence-electron chi connectivity index (χ1n) is 7.99. The van der Waals surface area contributed by atoms with Crippen LogP contribution in [0.25, 0.3) is 0 Å². The van der Waals surface area contributed by atoms with E-state index in [9.17, 15) is 9.59 Å². The number of aromatic nitrogens is 1. The summed E-state index contributed by atoms with van der Waals surface area (Å²) in [5, 5.41) is 5.63. The summed E-state index contributed by atoms with van der Waals surface area (Å²) < 4.78 is 0. The molecule has 0 saturated heterocycles. The molecule has 0 saturated carbocycles. The van der Waals surface area contributed by atoms with Gasteiger partial charge in [-0.15, -0.1) is 0 Å². The van der Waals surface area contributed by atoms with Crippen molar-refractivity contribution in [3.8, 4) is 0 Å². The van der Waals surface area contributed by atoms with Crippen LogP contribution in [0.2, 0.25) is 0 Å². The van der Waals surface area contributed by atoms with Crippen molar-refractivity contribution in [1.29, 1.82) is 0 Å². The highest BCUT2D eigenvalue weighted by Gasteiger charge is 2.35. The number of hydrogen-bond donors (Lipinski definition) is 2. The molecule has 0 unspecified atom stereocenters. The predicted molar refractivity (Wildman–Crippen MR) is 93.0 cm³/mol. The van der Waals surface area contributed by atoms with Gasteiger partial charge in [0.1, 0.15) is 5.41 Å². The van der Waals surface area contributed by atoms with E-state index in [-0.39, 0.29) is 11.8 Å². The Morgan fingerprint density at radius 1 is 0.958 bits per heavy atom. The SMILES string of the molecule is CC(C)(C(=O)NCCc1ccccc1)C(=O)NCc1cccnc1. The summed E-state index contributed by atoms with van der Waals surface area (Å²) in [6, 6.07) is 13.6. The van der Waals surface area contributed by atoms with Crippen molar-refractivity contribution in [2.45, 2.75) is 26.8 Å². The van der Waals surface area contributed by atoms with E-state index in [0.717, 1.165) is 17.5 Å². The minimum Gasteiger partial charge on any atom is -0.355 e. The van der Waals surface area contributed by atoms with Crippen LogP contribution in [0.15, 0.2) is 54.9 Å². The number of nitrogens with zero attached hydrogens (tertiary/aromatic N) is 1. The molecule has 0 spiro atoms. The molecule has 0 fully saturated rings. The van der Waals surface area contributed by atoms with Gasteiger partial charge in [0.15, 0.2) is 0 Å². The van der Waals surface area contributed by atoms with E-state index in [0.29, 0.717) is 13.1 Å². The van der Waals surface area contributed by atoms with Crippen LogP contribution in [0.1, 0.15) is 25.0 Å². The van der Waals surface area contributed by atoms with Crippen molar-refractivity contribution in [3.05, 3.63) is 66.0 Å². The van der Waals surface area contributed by atoms with Crippen LogP contribution in [0.4, 0.5) is 0 Å². The fraction of sp³-hybridized carbons (Fsp3) is 0.316. The molecule has 126 valence electrons. The minimum absolute atomic E-state index is 0.276. The molecule has 0 bridgehead atoms. The smallest absolute Gasteiger partial charge is 0.235 e. The third-order valence-corrected chi connectivity index (χ3v) is 3.85. The van der Waals surface area contributed by atoms with Gasteiger partial charge in [0, 0.05) is 25.5 Å². The van der Waals surface area contributed by atoms with E-state index in [1.54, 1.807) is 26.2 Å². The highest BCUT2D eigenvalue weighted by atomic mass is 16.2. The zero-order chi connectivity index (χ0) is 17.4. The molecule has 2 amide bonds. The Kier molecular flexibility index (Phi) is 6.07. The molecule has 2 aromatic rings. The van der Waals surface area contributed by atoms with Gasteiger partial charge in [-0.2, -0.15) is 0 Å². The zero-order valence-corrected chi connectivity index (χ0v) is 14.1. The van der Waals surface area contributed by atoms with Gasteiger partial charge in [0.05, 0.1) is 0 Å². The van der Waals surface area contributed by atoms with Crippen molar-refractivity contribution in [1.82, 2.24) is 15.6 Å². The molecular weight excluding hydrogens is 302 g/mol. The molecule has 1 aromatic heterocycles. The number of carbonyl (C=O) groups excluding carboxylic acids is 2. The van der Waals surface area contributed by atoms with E-state index in [1.165, 1.54) is 0 Å². The van der Waals surface area contributed by atoms with Crippen molar-refractivity contribution in [3.63, 3.8) is 0 Å². The zero-order valence-electron chi connectivity index (χ0n) is 14.1. The lowest BCUT2D eigenvalue weighted by Gasteiger charge is -2.22. The summed E-state index contributed by atoms with van der Waals surface area (Å²) in [5.41, 5.74) is 0.918. The fourth-order valence-electron chi connectivity index (χ4n) is 2.20. The van der Waals surface area contributed by atoms with Gasteiger partial charge in [-0.3, -0.25) is 14.6 Å². The van der Waals surface area contributed by atoms with Gasteiger partial charge in [-0.25, -0.2) is 0 Å². The standard InChI is InChI=1S/C19H23N3O2/c1-19(2,18(24)22-14-16-9-6-11-20-13-16)17(23)21-12-10-15-7-4-3-5-8-15/h3-9,11,13H,10,12,14H2,1-2H3,(H,21,23)(H,22,24). The van der Waals surface area contributed by atoms with Crippen LogP contribution in [0, 0.1) is 5.41 Å². The molecule has 1 aromatic carbocycles. The third-order valence-electron chi connectivity index (χ3n) is 3.85. The van der Waals surface area contributed by atoms with E-state index < -0.39 is 5.41 Å². The van der Waals surface area contributed by atoms with Gasteiger partial charge in [0.25, 0.3) is 0 Å². The van der Waals surface area contributed by atoms with Crippen LogP contribution in [-0.4, -0.2) is 23.3 Å². The summed E-state index contributed by atoms with van der Waals surface area (Å²) in [6.07, 6.45) is 4.10. The first-order chi connectivity index (χ1) is 11.5. The number of pyridine rings is 1.